The lowest BCUT2D eigenvalue weighted by molar-refractivity contribution is -0.127. The molecule has 0 atom stereocenters. The Morgan fingerprint density at radius 3 is 2.38 bits per heavy atom. The molecule has 2 rings (SSSR count). The second-order valence-electron chi connectivity index (χ2n) is 7.71. The molecule has 37 heavy (non-hydrogen) atoms. The Kier molecular flexibility index (Phi) is 17.2. The summed E-state index contributed by atoms with van der Waals surface area (Å²) in [7, 11) is 7.26. The number of hydrogen-bond donors (Lipinski definition) is 3. The molecule has 204 valence electrons. The van der Waals surface area contributed by atoms with E-state index in [2.05, 4.69) is 42.6 Å². The standard InChI is InChI=1S/C17H24N6O.C7H10BrNO2.C2H6/c1-11-17(23(3)4)22-16(14(20-11)15(18)24)21-13-7-5-6-12(10-13)8-9-19-2;1-9(5-6-10)7(11)3-2-4-8;1-2/h5-7,10,19H,8-9H2,1-4H3,(H2,18,24)(H,21,22);2-3,6H,4-5H2,1H3;1-2H3/b;3-2+;. The van der Waals surface area contributed by atoms with E-state index < -0.39 is 5.91 Å². The van der Waals surface area contributed by atoms with Crippen molar-refractivity contribution in [2.45, 2.75) is 27.2 Å². The smallest absolute Gasteiger partial charge is 0.271 e. The maximum Gasteiger partial charge on any atom is 0.271 e. The summed E-state index contributed by atoms with van der Waals surface area (Å²) in [4.78, 5) is 44.6. The number of rotatable bonds is 11. The van der Waals surface area contributed by atoms with Crippen LogP contribution in [0.1, 0.15) is 35.6 Å². The lowest BCUT2D eigenvalue weighted by Crippen LogP contribution is -2.26. The van der Waals surface area contributed by atoms with Crippen LogP contribution < -0.4 is 21.3 Å². The number of carbonyl (C=O) groups is 3. The van der Waals surface area contributed by atoms with Crippen LogP contribution in [0.25, 0.3) is 0 Å². The van der Waals surface area contributed by atoms with Crippen molar-refractivity contribution in [2.75, 3.05) is 56.8 Å². The van der Waals surface area contributed by atoms with Crippen LogP contribution >= 0.6 is 15.9 Å². The van der Waals surface area contributed by atoms with Crippen molar-refractivity contribution in [1.82, 2.24) is 20.2 Å². The number of hydrogen-bond acceptors (Lipinski definition) is 8. The van der Waals surface area contributed by atoms with Gasteiger partial charge in [0.1, 0.15) is 6.29 Å². The van der Waals surface area contributed by atoms with Crippen LogP contribution in [0.15, 0.2) is 36.4 Å². The molecule has 0 radical (unpaired) electrons. The van der Waals surface area contributed by atoms with Crippen LogP contribution in [0.5, 0.6) is 0 Å². The van der Waals surface area contributed by atoms with Crippen LogP contribution in [0.4, 0.5) is 17.3 Å². The molecular formula is C26H40BrN7O3. The number of aryl methyl sites for hydroxylation is 1. The number of aromatic nitrogens is 2. The highest BCUT2D eigenvalue weighted by Crippen LogP contribution is 2.23. The predicted octanol–water partition coefficient (Wildman–Crippen LogP) is 3.08. The largest absolute Gasteiger partial charge is 0.364 e. The zero-order valence-corrected chi connectivity index (χ0v) is 24.4. The van der Waals surface area contributed by atoms with Crippen molar-refractivity contribution in [3.05, 3.63) is 53.4 Å². The van der Waals surface area contributed by atoms with Gasteiger partial charge in [-0.15, -0.1) is 0 Å². The summed E-state index contributed by atoms with van der Waals surface area (Å²) in [6.45, 7) is 6.84. The van der Waals surface area contributed by atoms with Gasteiger partial charge in [0, 0.05) is 32.2 Å². The van der Waals surface area contributed by atoms with E-state index >= 15 is 0 Å². The fourth-order valence-corrected chi connectivity index (χ4v) is 3.06. The third-order valence-electron chi connectivity index (χ3n) is 4.63. The van der Waals surface area contributed by atoms with E-state index in [4.69, 9.17) is 5.73 Å². The fraction of sp³-hybridized carbons (Fsp3) is 0.423. The van der Waals surface area contributed by atoms with Gasteiger partial charge in [0.15, 0.2) is 17.3 Å². The Hall–Kier alpha value is -3.31. The number of likely N-dealkylation sites (N-methyl/N-ethyl adjacent to an activating group) is 2. The number of halogens is 1. The Labute approximate surface area is 228 Å². The minimum atomic E-state index is -0.607. The minimum Gasteiger partial charge on any atom is -0.364 e. The molecule has 0 saturated heterocycles. The molecule has 2 aromatic rings. The van der Waals surface area contributed by atoms with E-state index in [9.17, 15) is 14.4 Å². The van der Waals surface area contributed by atoms with Gasteiger partial charge < -0.3 is 31.0 Å². The molecule has 4 N–H and O–H groups in total. The van der Waals surface area contributed by atoms with Crippen LogP contribution in [0.3, 0.4) is 0 Å². The summed E-state index contributed by atoms with van der Waals surface area (Å²) in [6.07, 6.45) is 4.72. The number of alkyl halides is 1. The zero-order valence-electron chi connectivity index (χ0n) is 22.8. The summed E-state index contributed by atoms with van der Waals surface area (Å²) in [5, 5.41) is 6.94. The van der Waals surface area contributed by atoms with E-state index in [0.717, 1.165) is 18.7 Å². The van der Waals surface area contributed by atoms with E-state index in [1.165, 1.54) is 16.5 Å². The van der Waals surface area contributed by atoms with Gasteiger partial charge in [0.05, 0.1) is 12.2 Å². The number of primary amides is 1. The molecule has 10 nitrogen and oxygen atoms in total. The average Bonchev–Trinajstić information content (AvgIpc) is 2.88. The lowest BCUT2D eigenvalue weighted by atomic mass is 10.1. The molecule has 0 aliphatic carbocycles. The van der Waals surface area contributed by atoms with Gasteiger partial charge >= 0.3 is 0 Å². The number of carbonyl (C=O) groups excluding carboxylic acids is 3. The Morgan fingerprint density at radius 1 is 1.16 bits per heavy atom. The highest BCUT2D eigenvalue weighted by atomic mass is 79.9. The topological polar surface area (TPSA) is 134 Å². The number of allylic oxidation sites excluding steroid dienone is 1. The van der Waals surface area contributed by atoms with Crippen molar-refractivity contribution in [2.24, 2.45) is 5.73 Å². The number of anilines is 3. The van der Waals surface area contributed by atoms with Crippen molar-refractivity contribution in [3.63, 3.8) is 0 Å². The quantitative estimate of drug-likeness (QED) is 0.211. The van der Waals surface area contributed by atoms with Crippen LogP contribution in [0.2, 0.25) is 0 Å². The van der Waals surface area contributed by atoms with Crippen molar-refractivity contribution < 1.29 is 14.4 Å². The Balaban J connectivity index is 0.000000841. The van der Waals surface area contributed by atoms with Crippen LogP contribution in [-0.4, -0.2) is 79.6 Å². The van der Waals surface area contributed by atoms with Gasteiger partial charge in [-0.1, -0.05) is 48.0 Å². The van der Waals surface area contributed by atoms with Gasteiger partial charge in [0.25, 0.3) is 5.91 Å². The summed E-state index contributed by atoms with van der Waals surface area (Å²) in [5.41, 5.74) is 8.27. The number of nitrogens with two attached hydrogens (primary N) is 1. The number of amides is 2. The van der Waals surface area contributed by atoms with Gasteiger partial charge in [0.2, 0.25) is 5.91 Å². The Morgan fingerprint density at radius 2 is 1.84 bits per heavy atom. The first-order valence-corrected chi connectivity index (χ1v) is 13.0. The predicted molar refractivity (Wildman–Crippen MR) is 155 cm³/mol. The normalized spacial score (nSPS) is 9.95. The van der Waals surface area contributed by atoms with Gasteiger partial charge in [-0.05, 0) is 50.7 Å². The molecule has 0 aliphatic heterocycles. The molecule has 1 heterocycles. The number of benzene rings is 1. The first-order chi connectivity index (χ1) is 17.6. The summed E-state index contributed by atoms with van der Waals surface area (Å²) in [5.74, 6) is 0.290. The maximum atomic E-state index is 11.7. The SMILES string of the molecule is CC.CN(CC=O)C(=O)/C=C/CBr.CNCCc1cccc(Nc2nc(N(C)C)c(C)nc2C(N)=O)c1. The third kappa shape index (κ3) is 12.5. The van der Waals surface area contributed by atoms with Gasteiger partial charge in [-0.2, -0.15) is 0 Å². The molecule has 1 aromatic carbocycles. The second-order valence-corrected chi connectivity index (χ2v) is 8.36. The van der Waals surface area contributed by atoms with Crippen molar-refractivity contribution >= 4 is 51.4 Å². The van der Waals surface area contributed by atoms with Gasteiger partial charge in [-0.3, -0.25) is 9.59 Å². The molecule has 2 amide bonds. The second kappa shape index (κ2) is 18.9. The van der Waals surface area contributed by atoms with Crippen LogP contribution in [0, 0.1) is 6.92 Å². The summed E-state index contributed by atoms with van der Waals surface area (Å²) >= 11 is 3.14. The van der Waals surface area contributed by atoms with E-state index in [-0.39, 0.29) is 18.1 Å². The van der Waals surface area contributed by atoms with E-state index in [1.54, 1.807) is 20.0 Å². The molecule has 1 aromatic heterocycles. The molecule has 0 spiro atoms. The molecule has 0 saturated carbocycles. The van der Waals surface area contributed by atoms with E-state index in [0.29, 0.717) is 28.9 Å². The van der Waals surface area contributed by atoms with Crippen molar-refractivity contribution in [1.29, 1.82) is 0 Å². The number of nitrogens with one attached hydrogen (secondary N) is 2. The molecule has 11 heteroatoms. The number of aldehydes is 1. The monoisotopic (exact) mass is 577 g/mol. The highest BCUT2D eigenvalue weighted by molar-refractivity contribution is 9.09. The van der Waals surface area contributed by atoms with Crippen molar-refractivity contribution in [3.8, 4) is 0 Å². The molecule has 0 aliphatic rings. The first kappa shape index (κ1) is 33.7. The summed E-state index contributed by atoms with van der Waals surface area (Å²) < 4.78 is 0. The maximum absolute atomic E-state index is 11.7. The van der Waals surface area contributed by atoms with E-state index in [1.807, 2.05) is 58.1 Å². The first-order valence-electron chi connectivity index (χ1n) is 11.9. The number of nitrogens with zero attached hydrogens (tertiary/aromatic N) is 4. The zero-order chi connectivity index (χ0) is 28.4. The minimum absolute atomic E-state index is 0.138. The molecule has 0 bridgehead atoms. The molecular weight excluding hydrogens is 538 g/mol. The molecule has 0 fully saturated rings. The third-order valence-corrected chi connectivity index (χ3v) is 5.00. The Bertz CT molecular complexity index is 1030. The van der Waals surface area contributed by atoms with Gasteiger partial charge in [-0.25, -0.2) is 9.97 Å². The highest BCUT2D eigenvalue weighted by Gasteiger charge is 2.17. The molecule has 0 unspecified atom stereocenters. The summed E-state index contributed by atoms with van der Waals surface area (Å²) in [6, 6.07) is 7.97. The lowest BCUT2D eigenvalue weighted by Gasteiger charge is -2.17. The fourth-order valence-electron chi connectivity index (χ4n) is 2.88. The van der Waals surface area contributed by atoms with Crippen LogP contribution in [-0.2, 0) is 16.0 Å². The average molecular weight is 579 g/mol.